The van der Waals surface area contributed by atoms with Crippen LogP contribution in [0.4, 0.5) is 0 Å². The molecule has 76 valence electrons. The predicted octanol–water partition coefficient (Wildman–Crippen LogP) is 2.24. The average molecular weight is 287 g/mol. The van der Waals surface area contributed by atoms with Gasteiger partial charge in [0.2, 0.25) is 11.6 Å². The van der Waals surface area contributed by atoms with Gasteiger partial charge in [0, 0.05) is 15.6 Å². The van der Waals surface area contributed by atoms with E-state index in [4.69, 9.17) is 17.3 Å². The van der Waals surface area contributed by atoms with Crippen LogP contribution in [0.5, 0.6) is 0 Å². The van der Waals surface area contributed by atoms with Gasteiger partial charge < -0.3 is 5.73 Å². The first-order valence-corrected chi connectivity index (χ1v) is 5.24. The molecule has 5 heteroatoms. The Labute approximate surface area is 99.0 Å². The molecule has 0 radical (unpaired) electrons. The molecular weight excluding hydrogens is 281 g/mol. The summed E-state index contributed by atoms with van der Waals surface area (Å²) in [4.78, 5) is 23.4. The van der Waals surface area contributed by atoms with E-state index in [0.29, 0.717) is 4.47 Å². The van der Waals surface area contributed by atoms with E-state index in [1.807, 2.05) is 0 Å². The highest BCUT2D eigenvalue weighted by molar-refractivity contribution is 9.10. The lowest BCUT2D eigenvalue weighted by Crippen LogP contribution is -2.24. The molecule has 2 N–H and O–H groups in total. The van der Waals surface area contributed by atoms with Gasteiger partial charge in [-0.15, -0.1) is 0 Å². The molecule has 1 aliphatic rings. The fourth-order valence-electron chi connectivity index (χ4n) is 1.42. The molecule has 15 heavy (non-hydrogen) atoms. The predicted molar refractivity (Wildman–Crippen MR) is 59.9 cm³/mol. The third-order valence-corrected chi connectivity index (χ3v) is 3.20. The number of carbonyl (C=O) groups excluding carboxylic acids is 2. The van der Waals surface area contributed by atoms with Crippen molar-refractivity contribution < 1.29 is 9.59 Å². The van der Waals surface area contributed by atoms with Gasteiger partial charge in [0.25, 0.3) is 0 Å². The lowest BCUT2D eigenvalue weighted by molar-refractivity contribution is 0.0979. The molecule has 0 saturated heterocycles. The summed E-state index contributed by atoms with van der Waals surface area (Å²) >= 11 is 8.86. The number of ketones is 2. The molecule has 1 aromatic carbocycles. The van der Waals surface area contributed by atoms with E-state index in [1.165, 1.54) is 0 Å². The normalized spacial score (nSPS) is 15.6. The molecule has 3 nitrogen and oxygen atoms in total. The Morgan fingerprint density at radius 3 is 2.53 bits per heavy atom. The number of carbonyl (C=O) groups is 2. The number of hydrogen-bond donors (Lipinski definition) is 1. The number of benzene rings is 1. The van der Waals surface area contributed by atoms with Crippen molar-refractivity contribution in [2.24, 2.45) is 5.73 Å². The molecular formula is C10H5BrClNO2. The van der Waals surface area contributed by atoms with Crippen molar-refractivity contribution >= 4 is 39.1 Å². The lowest BCUT2D eigenvalue weighted by atomic mass is 9.93. The standard InChI is InChI=1S/C10H5BrClNO2/c11-5-3-1-2-4-6(5)10(15)8(13)7(12)9(4)14/h1-3H,13H2. The van der Waals surface area contributed by atoms with E-state index < -0.39 is 11.6 Å². The van der Waals surface area contributed by atoms with Crippen molar-refractivity contribution in [2.75, 3.05) is 0 Å². The number of rotatable bonds is 0. The van der Waals surface area contributed by atoms with E-state index in [1.54, 1.807) is 18.2 Å². The minimum Gasteiger partial charge on any atom is -0.394 e. The first-order chi connectivity index (χ1) is 7.04. The minimum atomic E-state index is -0.415. The summed E-state index contributed by atoms with van der Waals surface area (Å²) in [5.41, 5.74) is 5.83. The molecule has 0 atom stereocenters. The zero-order chi connectivity index (χ0) is 11.2. The third kappa shape index (κ3) is 1.41. The maximum Gasteiger partial charge on any atom is 0.212 e. The van der Waals surface area contributed by atoms with Crippen LogP contribution < -0.4 is 5.73 Å². The van der Waals surface area contributed by atoms with E-state index in [9.17, 15) is 9.59 Å². The molecule has 0 bridgehead atoms. The van der Waals surface area contributed by atoms with E-state index in [2.05, 4.69) is 15.9 Å². The van der Waals surface area contributed by atoms with Crippen LogP contribution in [0.25, 0.3) is 0 Å². The number of Topliss-reactive ketones (excluding diaryl/α,β-unsaturated/α-hetero) is 2. The summed E-state index contributed by atoms with van der Waals surface area (Å²) in [5.74, 6) is -0.827. The summed E-state index contributed by atoms with van der Waals surface area (Å²) in [5, 5.41) is -0.203. The van der Waals surface area contributed by atoms with Crippen molar-refractivity contribution in [3.05, 3.63) is 44.5 Å². The molecule has 0 fully saturated rings. The fourth-order valence-corrected chi connectivity index (χ4v) is 2.15. The van der Waals surface area contributed by atoms with Crippen LogP contribution in [0, 0.1) is 0 Å². The van der Waals surface area contributed by atoms with Gasteiger partial charge in [-0.25, -0.2) is 0 Å². The quantitative estimate of drug-likeness (QED) is 0.795. The number of fused-ring (bicyclic) bond motifs is 1. The zero-order valence-electron chi connectivity index (χ0n) is 7.38. The summed E-state index contributed by atoms with van der Waals surface area (Å²) in [7, 11) is 0. The van der Waals surface area contributed by atoms with Crippen LogP contribution in [0.3, 0.4) is 0 Å². The zero-order valence-corrected chi connectivity index (χ0v) is 9.72. The Hall–Kier alpha value is -1.13. The highest BCUT2D eigenvalue weighted by Crippen LogP contribution is 2.30. The fraction of sp³-hybridized carbons (Fsp3) is 0. The van der Waals surface area contributed by atoms with Gasteiger partial charge in [-0.2, -0.15) is 0 Å². The van der Waals surface area contributed by atoms with Crippen molar-refractivity contribution in [2.45, 2.75) is 0 Å². The Bertz CT molecular complexity index is 522. The second-order valence-electron chi connectivity index (χ2n) is 3.05. The van der Waals surface area contributed by atoms with Gasteiger partial charge in [0.1, 0.15) is 10.7 Å². The maximum atomic E-state index is 11.7. The lowest BCUT2D eigenvalue weighted by Gasteiger charge is -2.15. The van der Waals surface area contributed by atoms with Crippen LogP contribution in [0.15, 0.2) is 33.4 Å². The first-order valence-electron chi connectivity index (χ1n) is 4.07. The molecule has 0 saturated carbocycles. The molecule has 1 aliphatic carbocycles. The van der Waals surface area contributed by atoms with E-state index in [-0.39, 0.29) is 21.9 Å². The van der Waals surface area contributed by atoms with Crippen molar-refractivity contribution in [3.8, 4) is 0 Å². The molecule has 0 amide bonds. The third-order valence-electron chi connectivity index (χ3n) is 2.17. The maximum absolute atomic E-state index is 11.7. The smallest absolute Gasteiger partial charge is 0.212 e. The second kappa shape index (κ2) is 3.47. The van der Waals surface area contributed by atoms with Crippen LogP contribution in [0.2, 0.25) is 0 Å². The molecule has 0 heterocycles. The SMILES string of the molecule is NC1=C(Cl)C(=O)c2cccc(Br)c2C1=O. The number of hydrogen-bond acceptors (Lipinski definition) is 3. The number of halogens is 2. The molecule has 0 spiro atoms. The van der Waals surface area contributed by atoms with Gasteiger partial charge in [0.05, 0.1) is 0 Å². The highest BCUT2D eigenvalue weighted by atomic mass is 79.9. The second-order valence-corrected chi connectivity index (χ2v) is 4.28. The molecule has 1 aromatic rings. The molecule has 0 aliphatic heterocycles. The van der Waals surface area contributed by atoms with Crippen LogP contribution in [0.1, 0.15) is 20.7 Å². The minimum absolute atomic E-state index is 0.193. The van der Waals surface area contributed by atoms with Crippen LogP contribution >= 0.6 is 27.5 Å². The van der Waals surface area contributed by atoms with Gasteiger partial charge in [0.15, 0.2) is 0 Å². The average Bonchev–Trinajstić information content (AvgIpc) is 2.23. The van der Waals surface area contributed by atoms with Crippen molar-refractivity contribution in [1.82, 2.24) is 0 Å². The first kappa shape index (κ1) is 10.4. The molecule has 0 aromatic heterocycles. The monoisotopic (exact) mass is 285 g/mol. The van der Waals surface area contributed by atoms with Crippen LogP contribution in [-0.4, -0.2) is 11.6 Å². The van der Waals surface area contributed by atoms with Crippen molar-refractivity contribution in [3.63, 3.8) is 0 Å². The largest absolute Gasteiger partial charge is 0.394 e. The summed E-state index contributed by atoms with van der Waals surface area (Å²) in [6.07, 6.45) is 0. The van der Waals surface area contributed by atoms with Gasteiger partial charge in [-0.3, -0.25) is 9.59 Å². The molecule has 0 unspecified atom stereocenters. The Kier molecular flexibility index (Phi) is 2.40. The summed E-state index contributed by atoms with van der Waals surface area (Å²) in [6, 6.07) is 4.89. The van der Waals surface area contributed by atoms with Gasteiger partial charge in [-0.05, 0) is 6.07 Å². The Morgan fingerprint density at radius 2 is 1.87 bits per heavy atom. The van der Waals surface area contributed by atoms with Gasteiger partial charge in [-0.1, -0.05) is 39.7 Å². The van der Waals surface area contributed by atoms with Crippen molar-refractivity contribution in [1.29, 1.82) is 0 Å². The number of allylic oxidation sites excluding steroid dienone is 2. The Morgan fingerprint density at radius 1 is 1.20 bits per heavy atom. The highest BCUT2D eigenvalue weighted by Gasteiger charge is 2.31. The number of nitrogens with two attached hydrogens (primary N) is 1. The Balaban J connectivity index is 2.79. The van der Waals surface area contributed by atoms with E-state index in [0.717, 1.165) is 0 Å². The van der Waals surface area contributed by atoms with Crippen LogP contribution in [-0.2, 0) is 0 Å². The summed E-state index contributed by atoms with van der Waals surface area (Å²) < 4.78 is 0.547. The summed E-state index contributed by atoms with van der Waals surface area (Å²) in [6.45, 7) is 0. The van der Waals surface area contributed by atoms with Gasteiger partial charge >= 0.3 is 0 Å². The molecule has 2 rings (SSSR count). The topological polar surface area (TPSA) is 60.2 Å². The van der Waals surface area contributed by atoms with E-state index >= 15 is 0 Å².